The van der Waals surface area contributed by atoms with Crippen molar-refractivity contribution in [3.63, 3.8) is 0 Å². The number of pyridine rings is 1. The van der Waals surface area contributed by atoms with E-state index in [9.17, 15) is 4.79 Å². The van der Waals surface area contributed by atoms with E-state index in [2.05, 4.69) is 20.4 Å². The molecule has 3 N–H and O–H groups in total. The number of carbonyl (C=O) groups excluding carboxylic acids is 1. The molecule has 3 aromatic rings. The zero-order valence-corrected chi connectivity index (χ0v) is 13.5. The van der Waals surface area contributed by atoms with Crippen molar-refractivity contribution in [2.75, 3.05) is 5.32 Å². The zero-order chi connectivity index (χ0) is 17.4. The van der Waals surface area contributed by atoms with Gasteiger partial charge in [-0.2, -0.15) is 4.98 Å². The third-order valence-corrected chi connectivity index (χ3v) is 4.17. The van der Waals surface area contributed by atoms with Crippen LogP contribution >= 0.6 is 0 Å². The lowest BCUT2D eigenvalue weighted by Crippen LogP contribution is -2.31. The predicted molar refractivity (Wildman–Crippen MR) is 93.4 cm³/mol. The standard InChI is InChI=1S/C18H16N6O/c1-11-14(16(19)25)15(12-5-3-2-4-6-12)24-18(21-11)22-17(23-24)13-7-9-20-10-8-13/h2-10,15H,1H3,(H2,19,25)(H,21,22,23)/t15-/m0/s1. The van der Waals surface area contributed by atoms with Gasteiger partial charge in [-0.3, -0.25) is 9.78 Å². The number of fused-ring (bicyclic) bond motifs is 1. The van der Waals surface area contributed by atoms with E-state index in [1.807, 2.05) is 49.4 Å². The molecule has 3 heterocycles. The monoisotopic (exact) mass is 332 g/mol. The second kappa shape index (κ2) is 5.86. The van der Waals surface area contributed by atoms with Gasteiger partial charge in [0, 0.05) is 23.7 Å². The maximum Gasteiger partial charge on any atom is 0.248 e. The van der Waals surface area contributed by atoms with Gasteiger partial charge in [-0.1, -0.05) is 30.3 Å². The Labute approximate surface area is 144 Å². The summed E-state index contributed by atoms with van der Waals surface area (Å²) in [6.45, 7) is 1.82. The summed E-state index contributed by atoms with van der Waals surface area (Å²) in [4.78, 5) is 20.7. The summed E-state index contributed by atoms with van der Waals surface area (Å²) in [6, 6.07) is 12.9. The van der Waals surface area contributed by atoms with E-state index in [1.165, 1.54) is 0 Å². The van der Waals surface area contributed by atoms with Crippen LogP contribution in [0.5, 0.6) is 0 Å². The second-order valence-corrected chi connectivity index (χ2v) is 5.78. The molecule has 0 aliphatic carbocycles. The van der Waals surface area contributed by atoms with E-state index in [0.717, 1.165) is 11.1 Å². The van der Waals surface area contributed by atoms with Crippen LogP contribution in [0.2, 0.25) is 0 Å². The maximum absolute atomic E-state index is 12.1. The van der Waals surface area contributed by atoms with Crippen molar-refractivity contribution < 1.29 is 4.79 Å². The Bertz CT molecular complexity index is 962. The van der Waals surface area contributed by atoms with E-state index in [4.69, 9.17) is 5.73 Å². The van der Waals surface area contributed by atoms with Gasteiger partial charge in [0.05, 0.1) is 5.57 Å². The van der Waals surface area contributed by atoms with Crippen LogP contribution in [0.25, 0.3) is 11.4 Å². The average Bonchev–Trinajstić information content (AvgIpc) is 3.05. The maximum atomic E-state index is 12.1. The Hall–Kier alpha value is -3.48. The van der Waals surface area contributed by atoms with Gasteiger partial charge in [-0.05, 0) is 24.6 Å². The van der Waals surface area contributed by atoms with Crippen molar-refractivity contribution in [3.8, 4) is 11.4 Å². The molecule has 0 saturated carbocycles. The van der Waals surface area contributed by atoms with Crippen LogP contribution in [-0.2, 0) is 4.79 Å². The first kappa shape index (κ1) is 15.1. The quantitative estimate of drug-likeness (QED) is 0.765. The van der Waals surface area contributed by atoms with Gasteiger partial charge >= 0.3 is 0 Å². The number of hydrogen-bond donors (Lipinski definition) is 2. The number of allylic oxidation sites excluding steroid dienone is 1. The Morgan fingerprint density at radius 3 is 2.56 bits per heavy atom. The van der Waals surface area contributed by atoms with Crippen LogP contribution < -0.4 is 11.1 Å². The van der Waals surface area contributed by atoms with Crippen LogP contribution in [0.3, 0.4) is 0 Å². The van der Waals surface area contributed by atoms with Crippen molar-refractivity contribution in [1.82, 2.24) is 19.7 Å². The topological polar surface area (TPSA) is 98.7 Å². The van der Waals surface area contributed by atoms with Crippen molar-refractivity contribution in [2.45, 2.75) is 13.0 Å². The first-order chi connectivity index (χ1) is 12.1. The van der Waals surface area contributed by atoms with Crippen LogP contribution in [0.4, 0.5) is 5.95 Å². The van der Waals surface area contributed by atoms with Gasteiger partial charge in [-0.15, -0.1) is 5.10 Å². The lowest BCUT2D eigenvalue weighted by molar-refractivity contribution is -0.115. The van der Waals surface area contributed by atoms with E-state index in [1.54, 1.807) is 17.1 Å². The Morgan fingerprint density at radius 2 is 1.88 bits per heavy atom. The highest BCUT2D eigenvalue weighted by molar-refractivity contribution is 5.95. The number of nitrogens with one attached hydrogen (secondary N) is 1. The molecule has 2 aromatic heterocycles. The molecular formula is C18H16N6O. The van der Waals surface area contributed by atoms with E-state index < -0.39 is 11.9 Å². The van der Waals surface area contributed by atoms with Crippen molar-refractivity contribution in [1.29, 1.82) is 0 Å². The van der Waals surface area contributed by atoms with E-state index in [-0.39, 0.29) is 0 Å². The highest BCUT2D eigenvalue weighted by Crippen LogP contribution is 2.35. The van der Waals surface area contributed by atoms with Crippen LogP contribution in [-0.4, -0.2) is 25.7 Å². The predicted octanol–water partition coefficient (Wildman–Crippen LogP) is 2.11. The van der Waals surface area contributed by atoms with Crippen LogP contribution in [0.1, 0.15) is 18.5 Å². The smallest absolute Gasteiger partial charge is 0.248 e. The van der Waals surface area contributed by atoms with Gasteiger partial charge in [0.1, 0.15) is 6.04 Å². The highest BCUT2D eigenvalue weighted by atomic mass is 16.1. The first-order valence-corrected chi connectivity index (χ1v) is 7.84. The summed E-state index contributed by atoms with van der Waals surface area (Å²) >= 11 is 0. The summed E-state index contributed by atoms with van der Waals surface area (Å²) in [7, 11) is 0. The van der Waals surface area contributed by atoms with Gasteiger partial charge in [0.15, 0.2) is 5.82 Å². The number of hydrogen-bond acceptors (Lipinski definition) is 5. The zero-order valence-electron chi connectivity index (χ0n) is 13.5. The Balaban J connectivity index is 1.89. The molecule has 1 amide bonds. The Kier molecular flexibility index (Phi) is 3.53. The largest absolute Gasteiger partial charge is 0.366 e. The van der Waals surface area contributed by atoms with Gasteiger partial charge in [0.2, 0.25) is 11.9 Å². The number of aromatic nitrogens is 4. The van der Waals surface area contributed by atoms with Crippen LogP contribution in [0.15, 0.2) is 66.1 Å². The SMILES string of the molecule is CC1=C(C(N)=O)[C@H](c2ccccc2)n2nc(-c3ccncc3)nc2N1. The number of primary amides is 1. The summed E-state index contributed by atoms with van der Waals surface area (Å²) in [5, 5.41) is 7.75. The third-order valence-electron chi connectivity index (χ3n) is 4.17. The minimum atomic E-state index is -0.481. The molecule has 1 aliphatic heterocycles. The minimum absolute atomic E-state index is 0.418. The molecule has 0 saturated heterocycles. The molecule has 0 spiro atoms. The fraction of sp³-hybridized carbons (Fsp3) is 0.111. The minimum Gasteiger partial charge on any atom is -0.366 e. The summed E-state index contributed by atoms with van der Waals surface area (Å²) in [5.41, 5.74) is 8.59. The number of amides is 1. The fourth-order valence-corrected chi connectivity index (χ4v) is 3.04. The lowest BCUT2D eigenvalue weighted by Gasteiger charge is -2.27. The number of rotatable bonds is 3. The molecule has 0 unspecified atom stereocenters. The molecule has 1 atom stereocenters. The number of benzene rings is 1. The molecule has 7 heteroatoms. The Morgan fingerprint density at radius 1 is 1.16 bits per heavy atom. The van der Waals surface area contributed by atoms with Crippen molar-refractivity contribution >= 4 is 11.9 Å². The van der Waals surface area contributed by atoms with Gasteiger partial charge in [0.25, 0.3) is 0 Å². The number of nitrogens with two attached hydrogens (primary N) is 1. The molecular weight excluding hydrogens is 316 g/mol. The lowest BCUT2D eigenvalue weighted by atomic mass is 9.95. The second-order valence-electron chi connectivity index (χ2n) is 5.78. The molecule has 0 radical (unpaired) electrons. The normalized spacial score (nSPS) is 16.3. The molecule has 0 fully saturated rings. The summed E-state index contributed by atoms with van der Waals surface area (Å²) in [5.74, 6) is 0.651. The molecule has 4 rings (SSSR count). The fourth-order valence-electron chi connectivity index (χ4n) is 3.04. The van der Waals surface area contributed by atoms with E-state index >= 15 is 0 Å². The molecule has 1 aliphatic rings. The first-order valence-electron chi connectivity index (χ1n) is 7.84. The van der Waals surface area contributed by atoms with Gasteiger partial charge < -0.3 is 11.1 Å². The van der Waals surface area contributed by atoms with Crippen LogP contribution in [0, 0.1) is 0 Å². The highest BCUT2D eigenvalue weighted by Gasteiger charge is 2.33. The van der Waals surface area contributed by atoms with Gasteiger partial charge in [-0.25, -0.2) is 4.68 Å². The van der Waals surface area contributed by atoms with Crippen molar-refractivity contribution in [3.05, 3.63) is 71.7 Å². The summed E-state index contributed by atoms with van der Waals surface area (Å²) < 4.78 is 1.71. The molecule has 1 aromatic carbocycles. The third kappa shape index (κ3) is 2.55. The average molecular weight is 332 g/mol. The van der Waals surface area contributed by atoms with E-state index in [0.29, 0.717) is 23.0 Å². The molecule has 124 valence electrons. The van der Waals surface area contributed by atoms with Crippen molar-refractivity contribution in [2.24, 2.45) is 5.73 Å². The number of nitrogens with zero attached hydrogens (tertiary/aromatic N) is 4. The molecule has 25 heavy (non-hydrogen) atoms. The molecule has 0 bridgehead atoms. The summed E-state index contributed by atoms with van der Waals surface area (Å²) in [6.07, 6.45) is 3.38. The molecule has 7 nitrogen and oxygen atoms in total. The number of carbonyl (C=O) groups is 1. The number of anilines is 1.